The van der Waals surface area contributed by atoms with Crippen LogP contribution in [0.2, 0.25) is 0 Å². The van der Waals surface area contributed by atoms with Gasteiger partial charge in [-0.15, -0.1) is 11.6 Å². The number of hydrogen-bond acceptors (Lipinski definition) is 2. The minimum Gasteiger partial charge on any atom is -0.212 e. The van der Waals surface area contributed by atoms with Crippen LogP contribution in [-0.4, -0.2) is 37.4 Å². The Hall–Kier alpha value is 0.200. The van der Waals surface area contributed by atoms with Crippen molar-refractivity contribution < 1.29 is 8.42 Å². The molecule has 0 aromatic carbocycles. The van der Waals surface area contributed by atoms with Gasteiger partial charge in [0.2, 0.25) is 10.0 Å². The fraction of sp³-hybridized carbons (Fsp3) is 1.00. The van der Waals surface area contributed by atoms with E-state index in [0.717, 1.165) is 19.3 Å². The van der Waals surface area contributed by atoms with E-state index in [1.165, 1.54) is 0 Å². The van der Waals surface area contributed by atoms with Crippen molar-refractivity contribution in [2.45, 2.75) is 53.4 Å². The van der Waals surface area contributed by atoms with Crippen LogP contribution in [0.3, 0.4) is 0 Å². The summed E-state index contributed by atoms with van der Waals surface area (Å²) >= 11 is 5.61. The van der Waals surface area contributed by atoms with E-state index in [4.69, 9.17) is 11.6 Å². The molecule has 0 amide bonds. The molecule has 0 saturated heterocycles. The molecule has 19 heavy (non-hydrogen) atoms. The zero-order valence-corrected chi connectivity index (χ0v) is 14.4. The Morgan fingerprint density at radius 1 is 0.947 bits per heavy atom. The molecule has 116 valence electrons. The summed E-state index contributed by atoms with van der Waals surface area (Å²) in [6.07, 6.45) is 3.27. The standard InChI is InChI=1S/C14H30ClNO2S/c1-13(2)7-10-16(11-8-14(3)4)19(17,18)12-6-5-9-15/h13-14H,5-12H2,1-4H3. The lowest BCUT2D eigenvalue weighted by molar-refractivity contribution is 0.356. The summed E-state index contributed by atoms with van der Waals surface area (Å²) in [6.45, 7) is 9.80. The number of rotatable bonds is 11. The molecule has 3 nitrogen and oxygen atoms in total. The van der Waals surface area contributed by atoms with E-state index in [0.29, 0.717) is 37.2 Å². The largest absolute Gasteiger partial charge is 0.214 e. The van der Waals surface area contributed by atoms with Crippen LogP contribution in [0.25, 0.3) is 0 Å². The van der Waals surface area contributed by atoms with Crippen LogP contribution in [0.4, 0.5) is 0 Å². The highest BCUT2D eigenvalue weighted by Crippen LogP contribution is 2.12. The van der Waals surface area contributed by atoms with Crippen molar-refractivity contribution in [2.75, 3.05) is 24.7 Å². The molecule has 0 aromatic rings. The third-order valence-corrected chi connectivity index (χ3v) is 5.31. The number of halogens is 1. The molecule has 0 N–H and O–H groups in total. The number of unbranched alkanes of at least 4 members (excludes halogenated alkanes) is 1. The molecule has 0 atom stereocenters. The van der Waals surface area contributed by atoms with Gasteiger partial charge in [0.25, 0.3) is 0 Å². The minimum absolute atomic E-state index is 0.232. The van der Waals surface area contributed by atoms with Crippen molar-refractivity contribution in [1.82, 2.24) is 4.31 Å². The van der Waals surface area contributed by atoms with Gasteiger partial charge in [0, 0.05) is 19.0 Å². The summed E-state index contributed by atoms with van der Waals surface area (Å²) in [6, 6.07) is 0. The van der Waals surface area contributed by atoms with Crippen LogP contribution in [0, 0.1) is 11.8 Å². The molecule has 0 rings (SSSR count). The van der Waals surface area contributed by atoms with Crippen LogP contribution < -0.4 is 0 Å². The molecule has 0 aliphatic carbocycles. The zero-order valence-electron chi connectivity index (χ0n) is 12.9. The van der Waals surface area contributed by atoms with Crippen LogP contribution >= 0.6 is 11.6 Å². The third kappa shape index (κ3) is 9.69. The third-order valence-electron chi connectivity index (χ3n) is 3.09. The van der Waals surface area contributed by atoms with Gasteiger partial charge < -0.3 is 0 Å². The molecule has 0 saturated carbocycles. The first-order valence-corrected chi connectivity index (χ1v) is 9.47. The first-order valence-electron chi connectivity index (χ1n) is 7.33. The van der Waals surface area contributed by atoms with E-state index in [1.54, 1.807) is 4.31 Å². The summed E-state index contributed by atoms with van der Waals surface area (Å²) in [5.41, 5.74) is 0. The Labute approximate surface area is 124 Å². The first kappa shape index (κ1) is 19.2. The lowest BCUT2D eigenvalue weighted by Gasteiger charge is -2.23. The van der Waals surface area contributed by atoms with Gasteiger partial charge in [-0.1, -0.05) is 27.7 Å². The van der Waals surface area contributed by atoms with Gasteiger partial charge in [0.05, 0.1) is 5.75 Å². The van der Waals surface area contributed by atoms with Crippen LogP contribution in [-0.2, 0) is 10.0 Å². The van der Waals surface area contributed by atoms with Gasteiger partial charge in [-0.2, -0.15) is 0 Å². The zero-order chi connectivity index (χ0) is 14.9. The van der Waals surface area contributed by atoms with Crippen molar-refractivity contribution in [3.63, 3.8) is 0 Å². The maximum Gasteiger partial charge on any atom is 0.214 e. The molecular weight excluding hydrogens is 282 g/mol. The second-order valence-corrected chi connectivity index (χ2v) is 8.44. The highest BCUT2D eigenvalue weighted by Gasteiger charge is 2.21. The minimum atomic E-state index is -3.11. The predicted molar refractivity (Wildman–Crippen MR) is 84.2 cm³/mol. The molecule has 5 heteroatoms. The van der Waals surface area contributed by atoms with E-state index in [2.05, 4.69) is 27.7 Å². The topological polar surface area (TPSA) is 37.4 Å². The van der Waals surface area contributed by atoms with Gasteiger partial charge in [-0.3, -0.25) is 0 Å². The molecular formula is C14H30ClNO2S. The second-order valence-electron chi connectivity index (χ2n) is 5.98. The van der Waals surface area contributed by atoms with Crippen molar-refractivity contribution in [2.24, 2.45) is 11.8 Å². The average molecular weight is 312 g/mol. The number of sulfonamides is 1. The fourth-order valence-corrected chi connectivity index (χ4v) is 3.49. The van der Waals surface area contributed by atoms with Gasteiger partial charge in [-0.05, 0) is 37.5 Å². The normalized spacial score (nSPS) is 12.8. The molecule has 0 aliphatic rings. The molecule has 0 unspecified atom stereocenters. The van der Waals surface area contributed by atoms with Crippen LogP contribution in [0.15, 0.2) is 0 Å². The van der Waals surface area contributed by atoms with Crippen molar-refractivity contribution in [3.8, 4) is 0 Å². The maximum absolute atomic E-state index is 12.3. The molecule has 0 radical (unpaired) electrons. The predicted octanol–water partition coefficient (Wildman–Crippen LogP) is 3.73. The van der Waals surface area contributed by atoms with E-state index in [1.807, 2.05) is 0 Å². The van der Waals surface area contributed by atoms with Crippen LogP contribution in [0.1, 0.15) is 53.4 Å². The quantitative estimate of drug-likeness (QED) is 0.431. The Bertz CT molecular complexity index is 303. The summed E-state index contributed by atoms with van der Waals surface area (Å²) in [5, 5.41) is 0. The lowest BCUT2D eigenvalue weighted by atomic mass is 10.1. The lowest BCUT2D eigenvalue weighted by Crippen LogP contribution is -2.35. The van der Waals surface area contributed by atoms with E-state index in [-0.39, 0.29) is 5.75 Å². The van der Waals surface area contributed by atoms with Crippen molar-refractivity contribution in [3.05, 3.63) is 0 Å². The first-order chi connectivity index (χ1) is 8.79. The highest BCUT2D eigenvalue weighted by molar-refractivity contribution is 7.89. The Kier molecular flexibility index (Phi) is 10.1. The maximum atomic E-state index is 12.3. The Balaban J connectivity index is 4.50. The summed E-state index contributed by atoms with van der Waals surface area (Å²) in [4.78, 5) is 0. The second kappa shape index (κ2) is 10.0. The Morgan fingerprint density at radius 2 is 1.42 bits per heavy atom. The molecule has 0 aromatic heterocycles. The number of hydrogen-bond donors (Lipinski definition) is 0. The summed E-state index contributed by atoms with van der Waals surface area (Å²) < 4.78 is 26.3. The van der Waals surface area contributed by atoms with Gasteiger partial charge >= 0.3 is 0 Å². The molecule has 0 aliphatic heterocycles. The summed E-state index contributed by atoms with van der Waals surface area (Å²) in [5.74, 6) is 1.82. The number of nitrogens with zero attached hydrogens (tertiary/aromatic N) is 1. The number of alkyl halides is 1. The van der Waals surface area contributed by atoms with E-state index < -0.39 is 10.0 Å². The molecule has 0 fully saturated rings. The Morgan fingerprint density at radius 3 is 1.79 bits per heavy atom. The average Bonchev–Trinajstić information content (AvgIpc) is 2.27. The van der Waals surface area contributed by atoms with E-state index >= 15 is 0 Å². The van der Waals surface area contributed by atoms with Gasteiger partial charge in [-0.25, -0.2) is 12.7 Å². The van der Waals surface area contributed by atoms with Gasteiger partial charge in [0.15, 0.2) is 0 Å². The van der Waals surface area contributed by atoms with E-state index in [9.17, 15) is 8.42 Å². The van der Waals surface area contributed by atoms with Crippen molar-refractivity contribution in [1.29, 1.82) is 0 Å². The highest BCUT2D eigenvalue weighted by atomic mass is 35.5. The summed E-state index contributed by atoms with van der Waals surface area (Å²) in [7, 11) is -3.11. The van der Waals surface area contributed by atoms with Crippen LogP contribution in [0.5, 0.6) is 0 Å². The fourth-order valence-electron chi connectivity index (χ4n) is 1.70. The smallest absolute Gasteiger partial charge is 0.212 e. The molecule has 0 spiro atoms. The van der Waals surface area contributed by atoms with Gasteiger partial charge in [0.1, 0.15) is 0 Å². The van der Waals surface area contributed by atoms with Crippen molar-refractivity contribution >= 4 is 21.6 Å². The molecule has 0 bridgehead atoms. The monoisotopic (exact) mass is 311 g/mol. The SMILES string of the molecule is CC(C)CCN(CCC(C)C)S(=O)(=O)CCCCCl. The molecule has 0 heterocycles.